The van der Waals surface area contributed by atoms with Gasteiger partial charge in [0.2, 0.25) is 0 Å². The van der Waals surface area contributed by atoms with Gasteiger partial charge < -0.3 is 4.74 Å². The average molecular weight is 376 g/mol. The second-order valence-electron chi connectivity index (χ2n) is 7.46. The molecule has 0 atom stereocenters. The molecule has 6 nitrogen and oxygen atoms in total. The van der Waals surface area contributed by atoms with Crippen molar-refractivity contribution in [2.24, 2.45) is 5.10 Å². The predicted octanol–water partition coefficient (Wildman–Crippen LogP) is 4.05. The number of carbonyl (C=O) groups excluding carboxylic acids is 1. The molecule has 2 aromatic carbocycles. The van der Waals surface area contributed by atoms with Crippen molar-refractivity contribution >= 4 is 12.1 Å². The minimum Gasteiger partial charge on any atom is -0.489 e. The summed E-state index contributed by atoms with van der Waals surface area (Å²) >= 11 is 0. The van der Waals surface area contributed by atoms with Gasteiger partial charge >= 0.3 is 0 Å². The largest absolute Gasteiger partial charge is 0.489 e. The second kappa shape index (κ2) is 8.52. The summed E-state index contributed by atoms with van der Waals surface area (Å²) < 4.78 is 5.80. The van der Waals surface area contributed by atoms with E-state index in [4.69, 9.17) is 4.74 Å². The Kier molecular flexibility index (Phi) is 5.89. The molecule has 1 amide bonds. The highest BCUT2D eigenvalue weighted by Gasteiger charge is 2.19. The first-order valence-corrected chi connectivity index (χ1v) is 9.08. The number of amides is 1. The number of nitrogens with one attached hydrogen (secondary N) is 2. The van der Waals surface area contributed by atoms with Gasteiger partial charge in [-0.05, 0) is 29.3 Å². The average Bonchev–Trinajstić information content (AvgIpc) is 3.18. The fourth-order valence-electron chi connectivity index (χ4n) is 2.47. The number of ether oxygens (including phenoxy) is 1. The summed E-state index contributed by atoms with van der Waals surface area (Å²) in [4.78, 5) is 12.2. The van der Waals surface area contributed by atoms with Gasteiger partial charge in [-0.15, -0.1) is 0 Å². The lowest BCUT2D eigenvalue weighted by Crippen LogP contribution is -2.18. The van der Waals surface area contributed by atoms with Crippen LogP contribution in [0, 0.1) is 0 Å². The Labute approximate surface area is 164 Å². The fourth-order valence-corrected chi connectivity index (χ4v) is 2.47. The maximum atomic E-state index is 12.2. The number of aromatic nitrogens is 2. The summed E-state index contributed by atoms with van der Waals surface area (Å²) in [5.74, 6) is 0.376. The van der Waals surface area contributed by atoms with Gasteiger partial charge in [-0.25, -0.2) is 5.43 Å². The number of rotatable bonds is 6. The Morgan fingerprint density at radius 2 is 1.93 bits per heavy atom. The van der Waals surface area contributed by atoms with Crippen molar-refractivity contribution in [3.8, 4) is 5.75 Å². The first-order valence-electron chi connectivity index (χ1n) is 9.08. The van der Waals surface area contributed by atoms with Crippen molar-refractivity contribution in [2.45, 2.75) is 32.8 Å². The number of hydrogen-bond acceptors (Lipinski definition) is 4. The van der Waals surface area contributed by atoms with E-state index in [1.807, 2.05) is 75.4 Å². The molecular weight excluding hydrogens is 352 g/mol. The third kappa shape index (κ3) is 5.30. The van der Waals surface area contributed by atoms with Crippen LogP contribution in [0.1, 0.15) is 48.1 Å². The van der Waals surface area contributed by atoms with E-state index in [1.54, 1.807) is 12.3 Å². The lowest BCUT2D eigenvalue weighted by atomic mass is 9.92. The first kappa shape index (κ1) is 19.4. The molecular formula is C22H24N4O2. The minimum absolute atomic E-state index is 0.102. The molecule has 0 radical (unpaired) electrons. The van der Waals surface area contributed by atoms with E-state index in [0.29, 0.717) is 12.3 Å². The van der Waals surface area contributed by atoms with Gasteiger partial charge in [0, 0.05) is 11.1 Å². The smallest absolute Gasteiger partial charge is 0.291 e. The molecule has 0 aliphatic rings. The lowest BCUT2D eigenvalue weighted by molar-refractivity contribution is 0.0950. The monoisotopic (exact) mass is 376 g/mol. The molecule has 28 heavy (non-hydrogen) atoms. The highest BCUT2D eigenvalue weighted by atomic mass is 16.5. The molecule has 0 saturated carbocycles. The standard InChI is InChI=1S/C22H24N4O2/c1-22(2,3)20-13-19(24-25-20)21(27)26-23-14-17-10-7-11-18(12-17)28-15-16-8-5-4-6-9-16/h4-14H,15H2,1-3H3,(H,24,25)(H,26,27)/b23-14+. The Bertz CT molecular complexity index is 956. The van der Waals surface area contributed by atoms with Crippen molar-refractivity contribution in [3.05, 3.63) is 83.2 Å². The Morgan fingerprint density at radius 3 is 2.64 bits per heavy atom. The lowest BCUT2D eigenvalue weighted by Gasteiger charge is -2.14. The van der Waals surface area contributed by atoms with Gasteiger partial charge in [0.25, 0.3) is 5.91 Å². The molecule has 144 valence electrons. The third-order valence-corrected chi connectivity index (χ3v) is 4.10. The van der Waals surface area contributed by atoms with Crippen LogP contribution in [0.5, 0.6) is 5.75 Å². The van der Waals surface area contributed by atoms with E-state index in [2.05, 4.69) is 20.7 Å². The van der Waals surface area contributed by atoms with Crippen molar-refractivity contribution in [3.63, 3.8) is 0 Å². The molecule has 1 heterocycles. The highest BCUT2D eigenvalue weighted by molar-refractivity contribution is 5.93. The quantitative estimate of drug-likeness (QED) is 0.503. The molecule has 0 aliphatic carbocycles. The van der Waals surface area contributed by atoms with Crippen LogP contribution >= 0.6 is 0 Å². The molecule has 0 aliphatic heterocycles. The van der Waals surface area contributed by atoms with Crippen molar-refractivity contribution < 1.29 is 9.53 Å². The second-order valence-corrected chi connectivity index (χ2v) is 7.46. The summed E-state index contributed by atoms with van der Waals surface area (Å²) in [7, 11) is 0. The number of benzene rings is 2. The zero-order valence-electron chi connectivity index (χ0n) is 16.3. The van der Waals surface area contributed by atoms with Gasteiger partial charge in [0.15, 0.2) is 5.69 Å². The van der Waals surface area contributed by atoms with E-state index < -0.39 is 0 Å². The van der Waals surface area contributed by atoms with E-state index in [-0.39, 0.29) is 11.3 Å². The summed E-state index contributed by atoms with van der Waals surface area (Å²) in [6, 6.07) is 19.2. The molecule has 2 N–H and O–H groups in total. The third-order valence-electron chi connectivity index (χ3n) is 4.10. The van der Waals surface area contributed by atoms with E-state index >= 15 is 0 Å². The maximum absolute atomic E-state index is 12.2. The minimum atomic E-state index is -0.362. The number of carbonyl (C=O) groups is 1. The summed E-state index contributed by atoms with van der Waals surface area (Å²) in [6.07, 6.45) is 1.57. The highest BCUT2D eigenvalue weighted by Crippen LogP contribution is 2.20. The van der Waals surface area contributed by atoms with Crippen LogP contribution in [0.4, 0.5) is 0 Å². The van der Waals surface area contributed by atoms with Crippen LogP contribution in [0.2, 0.25) is 0 Å². The Hall–Kier alpha value is -3.41. The molecule has 0 saturated heterocycles. The number of nitrogens with zero attached hydrogens (tertiary/aromatic N) is 2. The fraction of sp³-hybridized carbons (Fsp3) is 0.227. The molecule has 0 spiro atoms. The van der Waals surface area contributed by atoms with E-state index in [0.717, 1.165) is 22.6 Å². The summed E-state index contributed by atoms with van der Waals surface area (Å²) in [6.45, 7) is 6.64. The van der Waals surface area contributed by atoms with Crippen LogP contribution in [0.3, 0.4) is 0 Å². The van der Waals surface area contributed by atoms with Gasteiger partial charge in [-0.2, -0.15) is 10.2 Å². The molecule has 0 unspecified atom stereocenters. The number of aromatic amines is 1. The first-order chi connectivity index (χ1) is 13.4. The SMILES string of the molecule is CC(C)(C)c1cc(C(=O)N/N=C/c2cccc(OCc3ccccc3)c2)n[nH]1. The maximum Gasteiger partial charge on any atom is 0.291 e. The van der Waals surface area contributed by atoms with Crippen LogP contribution < -0.4 is 10.2 Å². The van der Waals surface area contributed by atoms with Gasteiger partial charge in [0.05, 0.1) is 6.21 Å². The normalized spacial score (nSPS) is 11.5. The topological polar surface area (TPSA) is 79.4 Å². The zero-order chi connectivity index (χ0) is 20.0. The predicted molar refractivity (Wildman–Crippen MR) is 110 cm³/mol. The van der Waals surface area contributed by atoms with Crippen LogP contribution in [0.15, 0.2) is 65.8 Å². The molecule has 0 bridgehead atoms. The van der Waals surface area contributed by atoms with E-state index in [1.165, 1.54) is 0 Å². The molecule has 6 heteroatoms. The molecule has 1 aromatic heterocycles. The summed E-state index contributed by atoms with van der Waals surface area (Å²) in [5, 5.41) is 10.9. The zero-order valence-corrected chi connectivity index (χ0v) is 16.3. The number of H-pyrrole nitrogens is 1. The van der Waals surface area contributed by atoms with Gasteiger partial charge in [-0.1, -0.05) is 63.2 Å². The molecule has 3 aromatic rings. The molecule has 0 fully saturated rings. The van der Waals surface area contributed by atoms with Crippen molar-refractivity contribution in [2.75, 3.05) is 0 Å². The van der Waals surface area contributed by atoms with Crippen molar-refractivity contribution in [1.29, 1.82) is 0 Å². The Morgan fingerprint density at radius 1 is 1.14 bits per heavy atom. The van der Waals surface area contributed by atoms with Gasteiger partial charge in [-0.3, -0.25) is 9.89 Å². The number of hydrogen-bond donors (Lipinski definition) is 2. The van der Waals surface area contributed by atoms with Gasteiger partial charge in [0.1, 0.15) is 12.4 Å². The van der Waals surface area contributed by atoms with Crippen molar-refractivity contribution in [1.82, 2.24) is 15.6 Å². The summed E-state index contributed by atoms with van der Waals surface area (Å²) in [5.41, 5.74) is 5.52. The van der Waals surface area contributed by atoms with Crippen LogP contribution in [-0.4, -0.2) is 22.3 Å². The van der Waals surface area contributed by atoms with E-state index in [9.17, 15) is 4.79 Å². The van der Waals surface area contributed by atoms with Crippen LogP contribution in [0.25, 0.3) is 0 Å². The number of hydrazone groups is 1. The molecule has 3 rings (SSSR count). The van der Waals surface area contributed by atoms with Crippen LogP contribution in [-0.2, 0) is 12.0 Å². The Balaban J connectivity index is 1.57.